The summed E-state index contributed by atoms with van der Waals surface area (Å²) in [4.78, 5) is 12.0. The van der Waals surface area contributed by atoms with E-state index in [9.17, 15) is 4.79 Å². The van der Waals surface area contributed by atoms with E-state index in [0.717, 1.165) is 0 Å². The van der Waals surface area contributed by atoms with Crippen molar-refractivity contribution >= 4 is 34.9 Å². The molecule has 0 aromatic heterocycles. The SMILES string of the molecule is COCCOc1c(Cl)cc(N)c(C(=O)OC(C)C)c1Cl. The zero-order valence-corrected chi connectivity index (χ0v) is 13.0. The van der Waals surface area contributed by atoms with Gasteiger partial charge in [-0.1, -0.05) is 23.2 Å². The Morgan fingerprint density at radius 3 is 2.55 bits per heavy atom. The van der Waals surface area contributed by atoms with E-state index in [1.807, 2.05) is 0 Å². The molecule has 1 rings (SSSR count). The fourth-order valence-corrected chi connectivity index (χ4v) is 2.12. The normalized spacial score (nSPS) is 10.7. The fourth-order valence-electron chi connectivity index (χ4n) is 1.46. The molecule has 112 valence electrons. The molecule has 0 aliphatic rings. The average Bonchev–Trinajstić information content (AvgIpc) is 2.32. The summed E-state index contributed by atoms with van der Waals surface area (Å²) >= 11 is 12.2. The Labute approximate surface area is 127 Å². The number of esters is 1. The highest BCUT2D eigenvalue weighted by molar-refractivity contribution is 6.40. The van der Waals surface area contributed by atoms with Gasteiger partial charge in [0, 0.05) is 12.8 Å². The lowest BCUT2D eigenvalue weighted by molar-refractivity contribution is 0.0379. The van der Waals surface area contributed by atoms with E-state index in [1.165, 1.54) is 6.07 Å². The third-order valence-electron chi connectivity index (χ3n) is 2.29. The highest BCUT2D eigenvalue weighted by Gasteiger charge is 2.23. The summed E-state index contributed by atoms with van der Waals surface area (Å²) in [6.45, 7) is 4.07. The van der Waals surface area contributed by atoms with Gasteiger partial charge in [0.1, 0.15) is 17.2 Å². The Morgan fingerprint density at radius 1 is 1.35 bits per heavy atom. The zero-order valence-electron chi connectivity index (χ0n) is 11.5. The summed E-state index contributed by atoms with van der Waals surface area (Å²) in [6, 6.07) is 1.41. The van der Waals surface area contributed by atoms with Crippen LogP contribution in [0.25, 0.3) is 0 Å². The first-order chi connectivity index (χ1) is 9.38. The summed E-state index contributed by atoms with van der Waals surface area (Å²) in [5.74, 6) is -0.425. The number of halogens is 2. The molecule has 0 saturated carbocycles. The molecule has 1 aromatic rings. The molecule has 0 aliphatic heterocycles. The number of methoxy groups -OCH3 is 1. The van der Waals surface area contributed by atoms with Crippen LogP contribution in [0, 0.1) is 0 Å². The second-order valence-corrected chi connectivity index (χ2v) is 5.05. The van der Waals surface area contributed by atoms with Gasteiger partial charge in [0.05, 0.1) is 17.7 Å². The van der Waals surface area contributed by atoms with Gasteiger partial charge in [-0.2, -0.15) is 0 Å². The molecule has 0 amide bonds. The Bertz CT molecular complexity index is 492. The Kier molecular flexibility index (Phi) is 6.39. The van der Waals surface area contributed by atoms with Gasteiger partial charge in [-0.3, -0.25) is 0 Å². The average molecular weight is 322 g/mol. The van der Waals surface area contributed by atoms with Gasteiger partial charge < -0.3 is 19.9 Å². The van der Waals surface area contributed by atoms with Crippen LogP contribution in [0.3, 0.4) is 0 Å². The largest absolute Gasteiger partial charge is 0.488 e. The molecule has 20 heavy (non-hydrogen) atoms. The first kappa shape index (κ1) is 16.9. The number of nitrogens with two attached hydrogens (primary N) is 1. The second kappa shape index (κ2) is 7.57. The summed E-state index contributed by atoms with van der Waals surface area (Å²) in [6.07, 6.45) is -0.286. The zero-order chi connectivity index (χ0) is 15.3. The van der Waals surface area contributed by atoms with Gasteiger partial charge in [-0.25, -0.2) is 4.79 Å². The van der Waals surface area contributed by atoms with Crippen LogP contribution in [0.4, 0.5) is 5.69 Å². The first-order valence-electron chi connectivity index (χ1n) is 5.98. The van der Waals surface area contributed by atoms with E-state index < -0.39 is 5.97 Å². The maximum absolute atomic E-state index is 12.0. The molecule has 2 N–H and O–H groups in total. The number of hydrogen-bond acceptors (Lipinski definition) is 5. The lowest BCUT2D eigenvalue weighted by atomic mass is 10.1. The number of carbonyl (C=O) groups is 1. The number of anilines is 1. The highest BCUT2D eigenvalue weighted by atomic mass is 35.5. The predicted molar refractivity (Wildman–Crippen MR) is 78.8 cm³/mol. The minimum Gasteiger partial charge on any atom is -0.488 e. The molecule has 0 aliphatic carbocycles. The lowest BCUT2D eigenvalue weighted by Gasteiger charge is -2.15. The lowest BCUT2D eigenvalue weighted by Crippen LogP contribution is -2.15. The minimum absolute atomic E-state index is 0.0387. The monoisotopic (exact) mass is 321 g/mol. The van der Waals surface area contributed by atoms with E-state index in [-0.39, 0.29) is 39.8 Å². The van der Waals surface area contributed by atoms with Crippen LogP contribution in [0.2, 0.25) is 10.0 Å². The van der Waals surface area contributed by atoms with E-state index in [1.54, 1.807) is 21.0 Å². The quantitative estimate of drug-likeness (QED) is 0.495. The third-order valence-corrected chi connectivity index (χ3v) is 2.93. The molecule has 0 saturated heterocycles. The van der Waals surface area contributed by atoms with Crippen molar-refractivity contribution in [2.24, 2.45) is 0 Å². The summed E-state index contributed by atoms with van der Waals surface area (Å²) < 4.78 is 15.4. The van der Waals surface area contributed by atoms with Crippen LogP contribution in [-0.2, 0) is 9.47 Å². The van der Waals surface area contributed by atoms with Gasteiger partial charge in [-0.15, -0.1) is 0 Å². The van der Waals surface area contributed by atoms with Gasteiger partial charge in [0.2, 0.25) is 0 Å². The number of benzene rings is 1. The molecule has 5 nitrogen and oxygen atoms in total. The van der Waals surface area contributed by atoms with Crippen molar-refractivity contribution in [3.8, 4) is 5.75 Å². The van der Waals surface area contributed by atoms with Crippen molar-refractivity contribution < 1.29 is 19.0 Å². The molecule has 0 unspecified atom stereocenters. The predicted octanol–water partition coefficient (Wildman–Crippen LogP) is 3.17. The van der Waals surface area contributed by atoms with E-state index >= 15 is 0 Å². The number of nitrogen functional groups attached to an aromatic ring is 1. The maximum Gasteiger partial charge on any atom is 0.342 e. The Hall–Kier alpha value is -1.17. The number of carbonyl (C=O) groups excluding carboxylic acids is 1. The molecule has 0 bridgehead atoms. The molecular formula is C13H17Cl2NO4. The molecule has 7 heteroatoms. The van der Waals surface area contributed by atoms with E-state index in [0.29, 0.717) is 6.61 Å². The van der Waals surface area contributed by atoms with Crippen LogP contribution in [0.15, 0.2) is 6.07 Å². The fraction of sp³-hybridized carbons (Fsp3) is 0.462. The highest BCUT2D eigenvalue weighted by Crippen LogP contribution is 2.39. The van der Waals surface area contributed by atoms with Crippen LogP contribution in [-0.4, -0.2) is 32.4 Å². The van der Waals surface area contributed by atoms with Gasteiger partial charge in [0.25, 0.3) is 0 Å². The maximum atomic E-state index is 12.0. The standard InChI is InChI=1S/C13H17Cl2NO4/c1-7(2)20-13(17)10-9(16)6-8(14)12(11(10)15)19-5-4-18-3/h6-7H,4-5,16H2,1-3H3. The summed E-state index contributed by atoms with van der Waals surface area (Å²) in [5, 5.41) is 0.265. The second-order valence-electron chi connectivity index (χ2n) is 4.26. The smallest absolute Gasteiger partial charge is 0.342 e. The van der Waals surface area contributed by atoms with Gasteiger partial charge >= 0.3 is 5.97 Å². The molecule has 0 atom stereocenters. The first-order valence-corrected chi connectivity index (χ1v) is 6.74. The molecule has 0 fully saturated rings. The van der Waals surface area contributed by atoms with Crippen LogP contribution >= 0.6 is 23.2 Å². The van der Waals surface area contributed by atoms with E-state index in [4.69, 9.17) is 43.1 Å². The van der Waals surface area contributed by atoms with Crippen molar-refractivity contribution in [1.82, 2.24) is 0 Å². The number of hydrogen-bond donors (Lipinski definition) is 1. The van der Waals surface area contributed by atoms with Crippen molar-refractivity contribution in [1.29, 1.82) is 0 Å². The molecule has 0 heterocycles. The topological polar surface area (TPSA) is 70.8 Å². The van der Waals surface area contributed by atoms with E-state index in [2.05, 4.69) is 0 Å². The molecular weight excluding hydrogens is 305 g/mol. The number of rotatable bonds is 6. The van der Waals surface area contributed by atoms with Gasteiger partial charge in [0.15, 0.2) is 5.75 Å². The van der Waals surface area contributed by atoms with Crippen LogP contribution in [0.1, 0.15) is 24.2 Å². The molecule has 0 radical (unpaired) electrons. The minimum atomic E-state index is -0.615. The third kappa shape index (κ3) is 4.16. The Balaban J connectivity index is 3.11. The summed E-state index contributed by atoms with van der Waals surface area (Å²) in [7, 11) is 1.54. The van der Waals surface area contributed by atoms with Crippen molar-refractivity contribution in [3.63, 3.8) is 0 Å². The van der Waals surface area contributed by atoms with Crippen LogP contribution in [0.5, 0.6) is 5.75 Å². The number of ether oxygens (including phenoxy) is 3. The van der Waals surface area contributed by atoms with Crippen molar-refractivity contribution in [3.05, 3.63) is 21.7 Å². The Morgan fingerprint density at radius 2 is 2.00 bits per heavy atom. The summed E-state index contributed by atoms with van der Waals surface area (Å²) in [5.41, 5.74) is 5.97. The molecule has 0 spiro atoms. The van der Waals surface area contributed by atoms with Crippen molar-refractivity contribution in [2.45, 2.75) is 20.0 Å². The van der Waals surface area contributed by atoms with Gasteiger partial charge in [-0.05, 0) is 19.9 Å². The van der Waals surface area contributed by atoms with Crippen molar-refractivity contribution in [2.75, 3.05) is 26.1 Å². The van der Waals surface area contributed by atoms with Crippen LogP contribution < -0.4 is 10.5 Å². The molecule has 1 aromatic carbocycles.